The molecule has 7 heteroatoms. The minimum Gasteiger partial charge on any atom is -0.423 e. The van der Waals surface area contributed by atoms with Crippen molar-refractivity contribution in [1.29, 1.82) is 0 Å². The average Bonchev–Trinajstić information content (AvgIpc) is 2.97. The van der Waals surface area contributed by atoms with E-state index in [-0.39, 0.29) is 10.9 Å². The lowest BCUT2D eigenvalue weighted by Gasteiger charge is -2.23. The van der Waals surface area contributed by atoms with E-state index in [2.05, 4.69) is 4.98 Å². The second kappa shape index (κ2) is 5.68. The highest BCUT2D eigenvalue weighted by Crippen LogP contribution is 2.28. The van der Waals surface area contributed by atoms with E-state index in [4.69, 9.17) is 9.56 Å². The molecule has 0 radical (unpaired) electrons. The van der Waals surface area contributed by atoms with Gasteiger partial charge in [-0.25, -0.2) is 13.6 Å². The molecule has 0 aliphatic rings. The number of fused-ring (bicyclic) bond motifs is 1. The summed E-state index contributed by atoms with van der Waals surface area (Å²) >= 11 is 0. The number of oxazole rings is 1. The smallest absolute Gasteiger partial charge is 0.298 e. The summed E-state index contributed by atoms with van der Waals surface area (Å²) in [6, 6.07) is 14.4. The summed E-state index contributed by atoms with van der Waals surface area (Å²) in [4.78, 5) is 6.39. The lowest BCUT2D eigenvalue weighted by molar-refractivity contribution is 0.557. The summed E-state index contributed by atoms with van der Waals surface area (Å²) in [5.74, 6) is 0. The van der Waals surface area contributed by atoms with E-state index >= 15 is 0 Å². The number of nitrogens with two attached hydrogens (primary N) is 1. The average molecular weight is 331 g/mol. The van der Waals surface area contributed by atoms with E-state index in [9.17, 15) is 8.42 Å². The lowest BCUT2D eigenvalue weighted by Crippen LogP contribution is -2.22. The molecule has 1 heterocycles. The Labute approximate surface area is 134 Å². The summed E-state index contributed by atoms with van der Waals surface area (Å²) in [6.45, 7) is 1.94. The molecule has 0 aliphatic carbocycles. The summed E-state index contributed by atoms with van der Waals surface area (Å²) < 4.78 is 28.7. The predicted molar refractivity (Wildman–Crippen MR) is 88.6 cm³/mol. The quantitative estimate of drug-likeness (QED) is 0.794. The minimum absolute atomic E-state index is 0.0906. The van der Waals surface area contributed by atoms with Gasteiger partial charge in [0, 0.05) is 7.05 Å². The van der Waals surface area contributed by atoms with Gasteiger partial charge >= 0.3 is 0 Å². The van der Waals surface area contributed by atoms with Gasteiger partial charge < -0.3 is 9.32 Å². The fourth-order valence-corrected chi connectivity index (χ4v) is 2.92. The van der Waals surface area contributed by atoms with E-state index < -0.39 is 10.0 Å². The van der Waals surface area contributed by atoms with Crippen molar-refractivity contribution in [2.75, 3.05) is 11.9 Å². The van der Waals surface area contributed by atoms with E-state index in [0.29, 0.717) is 11.6 Å². The first-order valence-corrected chi connectivity index (χ1v) is 8.62. The van der Waals surface area contributed by atoms with Crippen LogP contribution in [0.5, 0.6) is 0 Å². The van der Waals surface area contributed by atoms with Crippen molar-refractivity contribution in [3.8, 4) is 0 Å². The van der Waals surface area contributed by atoms with Crippen LogP contribution in [-0.2, 0) is 10.0 Å². The van der Waals surface area contributed by atoms with Crippen LogP contribution in [0.25, 0.3) is 11.1 Å². The molecule has 6 nitrogen and oxygen atoms in total. The van der Waals surface area contributed by atoms with Gasteiger partial charge in [-0.2, -0.15) is 4.98 Å². The first kappa shape index (κ1) is 15.5. The van der Waals surface area contributed by atoms with Gasteiger partial charge in [-0.1, -0.05) is 24.3 Å². The van der Waals surface area contributed by atoms with E-state index in [1.807, 2.05) is 49.2 Å². The molecule has 2 aromatic carbocycles. The van der Waals surface area contributed by atoms with Crippen molar-refractivity contribution in [2.24, 2.45) is 5.14 Å². The van der Waals surface area contributed by atoms with Crippen LogP contribution in [0.15, 0.2) is 57.8 Å². The maximum Gasteiger partial charge on any atom is 0.298 e. The Balaban J connectivity index is 1.94. The molecule has 1 aromatic heterocycles. The Morgan fingerprint density at radius 1 is 1.17 bits per heavy atom. The van der Waals surface area contributed by atoms with Crippen LogP contribution < -0.4 is 10.0 Å². The van der Waals surface area contributed by atoms with Gasteiger partial charge in [0.15, 0.2) is 5.58 Å². The van der Waals surface area contributed by atoms with Gasteiger partial charge in [-0.3, -0.25) is 0 Å². The topological polar surface area (TPSA) is 89.4 Å². The molecule has 0 saturated heterocycles. The largest absolute Gasteiger partial charge is 0.423 e. The monoisotopic (exact) mass is 331 g/mol. The molecule has 0 bridgehead atoms. The molecule has 120 valence electrons. The Morgan fingerprint density at radius 3 is 2.61 bits per heavy atom. The molecule has 1 unspecified atom stereocenters. The van der Waals surface area contributed by atoms with Gasteiger partial charge in [0.25, 0.3) is 6.01 Å². The number of sulfonamides is 1. The fraction of sp³-hybridized carbons (Fsp3) is 0.188. The second-order valence-electron chi connectivity index (χ2n) is 5.37. The SMILES string of the molecule is CC(c1cccc(S(N)(=O)=O)c1)N(C)c1nc2ccccc2o1. The van der Waals surface area contributed by atoms with Crippen molar-refractivity contribution in [3.05, 3.63) is 54.1 Å². The molecular weight excluding hydrogens is 314 g/mol. The number of anilines is 1. The zero-order chi connectivity index (χ0) is 16.6. The van der Waals surface area contributed by atoms with Gasteiger partial charge in [-0.15, -0.1) is 0 Å². The van der Waals surface area contributed by atoms with Crippen molar-refractivity contribution in [3.63, 3.8) is 0 Å². The molecule has 0 aliphatic heterocycles. The van der Waals surface area contributed by atoms with E-state index in [1.165, 1.54) is 6.07 Å². The normalized spacial score (nSPS) is 13.2. The number of para-hydroxylation sites is 2. The van der Waals surface area contributed by atoms with E-state index in [1.54, 1.807) is 12.1 Å². The number of aromatic nitrogens is 1. The number of nitrogens with zero attached hydrogens (tertiary/aromatic N) is 2. The highest BCUT2D eigenvalue weighted by molar-refractivity contribution is 7.89. The van der Waals surface area contributed by atoms with Crippen LogP contribution in [-0.4, -0.2) is 20.4 Å². The van der Waals surface area contributed by atoms with Gasteiger partial charge in [0.05, 0.1) is 10.9 Å². The van der Waals surface area contributed by atoms with Crippen LogP contribution in [0.3, 0.4) is 0 Å². The standard InChI is InChI=1S/C16H17N3O3S/c1-11(12-6-5-7-13(10-12)23(17,20)21)19(2)16-18-14-8-3-4-9-15(14)22-16/h3-11H,1-2H3,(H2,17,20,21). The zero-order valence-electron chi connectivity index (χ0n) is 12.8. The number of hydrogen-bond acceptors (Lipinski definition) is 5. The molecule has 0 saturated carbocycles. The third kappa shape index (κ3) is 3.06. The van der Waals surface area contributed by atoms with Gasteiger partial charge in [0.1, 0.15) is 5.52 Å². The van der Waals surface area contributed by atoms with E-state index in [0.717, 1.165) is 11.1 Å². The highest BCUT2D eigenvalue weighted by atomic mass is 32.2. The van der Waals surface area contributed by atoms with Gasteiger partial charge in [-0.05, 0) is 36.8 Å². The first-order valence-electron chi connectivity index (χ1n) is 7.07. The molecule has 0 fully saturated rings. The number of rotatable bonds is 4. The summed E-state index contributed by atoms with van der Waals surface area (Å²) in [6.07, 6.45) is 0. The Hall–Kier alpha value is -2.38. The third-order valence-corrected chi connectivity index (χ3v) is 4.75. The molecule has 2 N–H and O–H groups in total. The minimum atomic E-state index is -3.73. The van der Waals surface area contributed by atoms with Crippen LogP contribution in [0, 0.1) is 0 Å². The molecule has 0 amide bonds. The molecule has 3 aromatic rings. The second-order valence-corrected chi connectivity index (χ2v) is 6.93. The van der Waals surface area contributed by atoms with Crippen LogP contribution >= 0.6 is 0 Å². The Kier molecular flexibility index (Phi) is 3.83. The summed E-state index contributed by atoms with van der Waals surface area (Å²) in [7, 11) is -1.88. The highest BCUT2D eigenvalue weighted by Gasteiger charge is 2.19. The number of primary sulfonamides is 1. The first-order chi connectivity index (χ1) is 10.9. The number of benzene rings is 2. The predicted octanol–water partition coefficient (Wildman–Crippen LogP) is 2.67. The van der Waals surface area contributed by atoms with Crippen molar-refractivity contribution in [1.82, 2.24) is 4.98 Å². The van der Waals surface area contributed by atoms with Crippen molar-refractivity contribution >= 4 is 27.1 Å². The fourth-order valence-electron chi connectivity index (χ4n) is 2.35. The molecular formula is C16H17N3O3S. The Morgan fingerprint density at radius 2 is 1.91 bits per heavy atom. The molecule has 3 rings (SSSR count). The van der Waals surface area contributed by atoms with Crippen molar-refractivity contribution < 1.29 is 12.8 Å². The Bertz CT molecular complexity index is 917. The number of hydrogen-bond donors (Lipinski definition) is 1. The zero-order valence-corrected chi connectivity index (χ0v) is 13.6. The van der Waals surface area contributed by atoms with Crippen molar-refractivity contribution in [2.45, 2.75) is 17.9 Å². The third-order valence-electron chi connectivity index (χ3n) is 3.83. The maximum absolute atomic E-state index is 11.5. The molecule has 0 spiro atoms. The van der Waals surface area contributed by atoms with Crippen LogP contribution in [0.4, 0.5) is 6.01 Å². The van der Waals surface area contributed by atoms with Crippen LogP contribution in [0.2, 0.25) is 0 Å². The summed E-state index contributed by atoms with van der Waals surface area (Å²) in [5.41, 5.74) is 2.29. The van der Waals surface area contributed by atoms with Crippen LogP contribution in [0.1, 0.15) is 18.5 Å². The molecule has 1 atom stereocenters. The van der Waals surface area contributed by atoms with Gasteiger partial charge in [0.2, 0.25) is 10.0 Å². The summed E-state index contributed by atoms with van der Waals surface area (Å²) in [5, 5.41) is 5.19. The lowest BCUT2D eigenvalue weighted by atomic mass is 10.1. The maximum atomic E-state index is 11.5. The molecule has 23 heavy (non-hydrogen) atoms.